The third kappa shape index (κ3) is 3.94. The summed E-state index contributed by atoms with van der Waals surface area (Å²) in [5.41, 5.74) is 0. The Morgan fingerprint density at radius 3 is 2.89 bits per heavy atom. The molecule has 0 aromatic rings. The summed E-state index contributed by atoms with van der Waals surface area (Å²) in [6.45, 7) is 3.76. The summed E-state index contributed by atoms with van der Waals surface area (Å²) < 4.78 is 0. The standard InChI is InChI=1S/C13H21N3O3/c1-9-7-10(9)13(19)15-5-3-12(18)16-6-2-4-14-11(17)8-16/h9-10H,2-8H2,1H3,(H,14,17)(H,15,19). The van der Waals surface area contributed by atoms with Crippen molar-refractivity contribution in [2.45, 2.75) is 26.2 Å². The molecule has 0 spiro atoms. The first-order valence-corrected chi connectivity index (χ1v) is 6.90. The fourth-order valence-electron chi connectivity index (χ4n) is 2.29. The predicted octanol–water partition coefficient (Wildman–Crippen LogP) is -0.503. The zero-order chi connectivity index (χ0) is 13.8. The highest BCUT2D eigenvalue weighted by molar-refractivity contribution is 5.86. The van der Waals surface area contributed by atoms with Gasteiger partial charge in [0.05, 0.1) is 6.54 Å². The summed E-state index contributed by atoms with van der Waals surface area (Å²) in [5, 5.41) is 5.51. The SMILES string of the molecule is CC1CC1C(=O)NCCC(=O)N1CCCNC(=O)C1. The van der Waals surface area contributed by atoms with Crippen molar-refractivity contribution in [2.24, 2.45) is 11.8 Å². The van der Waals surface area contributed by atoms with E-state index in [1.165, 1.54) is 0 Å². The Morgan fingerprint density at radius 2 is 2.21 bits per heavy atom. The van der Waals surface area contributed by atoms with Gasteiger partial charge in [0.25, 0.3) is 0 Å². The van der Waals surface area contributed by atoms with Crippen LogP contribution < -0.4 is 10.6 Å². The van der Waals surface area contributed by atoms with E-state index in [0.717, 1.165) is 12.8 Å². The molecular weight excluding hydrogens is 246 g/mol. The van der Waals surface area contributed by atoms with Crippen molar-refractivity contribution in [1.29, 1.82) is 0 Å². The van der Waals surface area contributed by atoms with Crippen LogP contribution in [0, 0.1) is 11.8 Å². The highest BCUT2D eigenvalue weighted by Gasteiger charge is 2.38. The van der Waals surface area contributed by atoms with Crippen LogP contribution in [0.15, 0.2) is 0 Å². The Labute approximate surface area is 112 Å². The Hall–Kier alpha value is -1.59. The summed E-state index contributed by atoms with van der Waals surface area (Å²) in [6.07, 6.45) is 2.00. The van der Waals surface area contributed by atoms with E-state index in [1.54, 1.807) is 4.90 Å². The highest BCUT2D eigenvalue weighted by Crippen LogP contribution is 2.37. The van der Waals surface area contributed by atoms with E-state index in [9.17, 15) is 14.4 Å². The lowest BCUT2D eigenvalue weighted by Gasteiger charge is -2.19. The molecule has 1 aliphatic carbocycles. The van der Waals surface area contributed by atoms with Crippen LogP contribution in [-0.2, 0) is 14.4 Å². The van der Waals surface area contributed by atoms with Crippen molar-refractivity contribution in [3.63, 3.8) is 0 Å². The fourth-order valence-corrected chi connectivity index (χ4v) is 2.29. The minimum absolute atomic E-state index is 0.0499. The number of carbonyl (C=O) groups excluding carboxylic acids is 3. The summed E-state index contributed by atoms with van der Waals surface area (Å²) in [6, 6.07) is 0. The van der Waals surface area contributed by atoms with E-state index < -0.39 is 0 Å². The van der Waals surface area contributed by atoms with Crippen molar-refractivity contribution in [2.75, 3.05) is 26.2 Å². The molecule has 6 nitrogen and oxygen atoms in total. The topological polar surface area (TPSA) is 78.5 Å². The van der Waals surface area contributed by atoms with Gasteiger partial charge in [-0.2, -0.15) is 0 Å². The molecule has 0 radical (unpaired) electrons. The van der Waals surface area contributed by atoms with Crippen molar-refractivity contribution < 1.29 is 14.4 Å². The van der Waals surface area contributed by atoms with E-state index in [1.807, 2.05) is 6.92 Å². The first-order chi connectivity index (χ1) is 9.08. The second-order valence-corrected chi connectivity index (χ2v) is 5.38. The van der Waals surface area contributed by atoms with Crippen LogP contribution in [0.5, 0.6) is 0 Å². The largest absolute Gasteiger partial charge is 0.355 e. The smallest absolute Gasteiger partial charge is 0.239 e. The van der Waals surface area contributed by atoms with Crippen molar-refractivity contribution in [1.82, 2.24) is 15.5 Å². The van der Waals surface area contributed by atoms with Gasteiger partial charge >= 0.3 is 0 Å². The Bertz CT molecular complexity index is 383. The second-order valence-electron chi connectivity index (χ2n) is 5.38. The monoisotopic (exact) mass is 267 g/mol. The first-order valence-electron chi connectivity index (χ1n) is 6.90. The predicted molar refractivity (Wildman–Crippen MR) is 69.1 cm³/mol. The highest BCUT2D eigenvalue weighted by atomic mass is 16.2. The van der Waals surface area contributed by atoms with Crippen molar-refractivity contribution in [3.8, 4) is 0 Å². The van der Waals surface area contributed by atoms with Gasteiger partial charge in [0.1, 0.15) is 0 Å². The van der Waals surface area contributed by atoms with E-state index in [2.05, 4.69) is 10.6 Å². The van der Waals surface area contributed by atoms with Gasteiger partial charge in [0, 0.05) is 32.0 Å². The summed E-state index contributed by atoms with van der Waals surface area (Å²) in [4.78, 5) is 36.4. The molecule has 2 atom stereocenters. The Balaban J connectivity index is 1.68. The first kappa shape index (κ1) is 13.8. The van der Waals surface area contributed by atoms with Gasteiger partial charge < -0.3 is 15.5 Å². The number of hydrogen-bond donors (Lipinski definition) is 2. The van der Waals surface area contributed by atoms with E-state index >= 15 is 0 Å². The minimum atomic E-state index is -0.110. The molecule has 0 aromatic heterocycles. The van der Waals surface area contributed by atoms with Crippen LogP contribution in [0.1, 0.15) is 26.2 Å². The van der Waals surface area contributed by atoms with E-state index in [-0.39, 0.29) is 36.6 Å². The van der Waals surface area contributed by atoms with Crippen LogP contribution in [0.25, 0.3) is 0 Å². The molecular formula is C13H21N3O3. The summed E-state index contributed by atoms with van der Waals surface area (Å²) >= 11 is 0. The van der Waals surface area contributed by atoms with Gasteiger partial charge in [0.2, 0.25) is 17.7 Å². The van der Waals surface area contributed by atoms with Crippen molar-refractivity contribution >= 4 is 17.7 Å². The molecule has 1 saturated carbocycles. The zero-order valence-electron chi connectivity index (χ0n) is 11.3. The maximum atomic E-state index is 11.9. The molecule has 0 bridgehead atoms. The van der Waals surface area contributed by atoms with Crippen LogP contribution >= 0.6 is 0 Å². The molecule has 1 saturated heterocycles. The number of rotatable bonds is 4. The molecule has 2 fully saturated rings. The molecule has 2 aliphatic rings. The minimum Gasteiger partial charge on any atom is -0.355 e. The van der Waals surface area contributed by atoms with Crippen LogP contribution in [0.3, 0.4) is 0 Å². The molecule has 2 rings (SSSR count). The fraction of sp³-hybridized carbons (Fsp3) is 0.769. The van der Waals surface area contributed by atoms with Gasteiger partial charge in [-0.1, -0.05) is 6.92 Å². The molecule has 2 unspecified atom stereocenters. The van der Waals surface area contributed by atoms with Crippen LogP contribution in [0.2, 0.25) is 0 Å². The molecule has 2 N–H and O–H groups in total. The average Bonchev–Trinajstić information content (AvgIpc) is 3.12. The second kappa shape index (κ2) is 6.04. The number of carbonyl (C=O) groups is 3. The van der Waals surface area contributed by atoms with Gasteiger partial charge in [-0.05, 0) is 18.8 Å². The van der Waals surface area contributed by atoms with Gasteiger partial charge in [-0.3, -0.25) is 14.4 Å². The van der Waals surface area contributed by atoms with E-state index in [0.29, 0.717) is 25.6 Å². The molecule has 1 aliphatic heterocycles. The maximum absolute atomic E-state index is 11.9. The molecule has 106 valence electrons. The molecule has 1 heterocycles. The molecule has 0 aromatic carbocycles. The third-order valence-electron chi connectivity index (χ3n) is 3.70. The normalized spacial score (nSPS) is 26.4. The number of nitrogens with one attached hydrogen (secondary N) is 2. The number of amides is 3. The Morgan fingerprint density at radius 1 is 1.47 bits per heavy atom. The summed E-state index contributed by atoms with van der Waals surface area (Å²) in [5.74, 6) is 0.487. The lowest BCUT2D eigenvalue weighted by molar-refractivity contribution is -0.135. The molecule has 6 heteroatoms. The lowest BCUT2D eigenvalue weighted by Crippen LogP contribution is -2.39. The quantitative estimate of drug-likeness (QED) is 0.720. The van der Waals surface area contributed by atoms with Crippen LogP contribution in [-0.4, -0.2) is 48.8 Å². The maximum Gasteiger partial charge on any atom is 0.239 e. The van der Waals surface area contributed by atoms with Gasteiger partial charge in [-0.15, -0.1) is 0 Å². The van der Waals surface area contributed by atoms with E-state index in [4.69, 9.17) is 0 Å². The van der Waals surface area contributed by atoms with Crippen molar-refractivity contribution in [3.05, 3.63) is 0 Å². The number of nitrogens with zero attached hydrogens (tertiary/aromatic N) is 1. The molecule has 3 amide bonds. The van der Waals surface area contributed by atoms with Gasteiger partial charge in [-0.25, -0.2) is 0 Å². The number of hydrogen-bond acceptors (Lipinski definition) is 3. The lowest BCUT2D eigenvalue weighted by atomic mass is 10.3. The molecule has 19 heavy (non-hydrogen) atoms. The third-order valence-corrected chi connectivity index (χ3v) is 3.70. The van der Waals surface area contributed by atoms with Gasteiger partial charge in [0.15, 0.2) is 0 Å². The van der Waals surface area contributed by atoms with Crippen LogP contribution in [0.4, 0.5) is 0 Å². The summed E-state index contributed by atoms with van der Waals surface area (Å²) in [7, 11) is 0. The Kier molecular flexibility index (Phi) is 4.39. The zero-order valence-corrected chi connectivity index (χ0v) is 11.3. The average molecular weight is 267 g/mol.